The zero-order valence-corrected chi connectivity index (χ0v) is 16.7. The lowest BCUT2D eigenvalue weighted by atomic mass is 10.1. The van der Waals surface area contributed by atoms with Crippen LogP contribution in [-0.2, 0) is 17.9 Å². The molecule has 0 heterocycles. The Bertz CT molecular complexity index is 511. The first-order chi connectivity index (χ1) is 10.6. The molecule has 8 heteroatoms. The highest BCUT2D eigenvalue weighted by atomic mass is 127. The molecule has 1 rings (SSSR count). The van der Waals surface area contributed by atoms with Crippen molar-refractivity contribution in [2.24, 2.45) is 4.99 Å². The quantitative estimate of drug-likeness (QED) is 0.400. The number of rotatable bonds is 5. The highest BCUT2D eigenvalue weighted by Crippen LogP contribution is 2.15. The van der Waals surface area contributed by atoms with Crippen molar-refractivity contribution in [3.63, 3.8) is 0 Å². The van der Waals surface area contributed by atoms with Gasteiger partial charge in [-0.3, -0.25) is 4.99 Å². The summed E-state index contributed by atoms with van der Waals surface area (Å²) >= 11 is 0. The van der Waals surface area contributed by atoms with E-state index in [1.165, 1.54) is 0 Å². The fourth-order valence-electron chi connectivity index (χ4n) is 1.76. The maximum Gasteiger partial charge on any atom is 0.411 e. The molecular formula is C16H25F3IN3O. The van der Waals surface area contributed by atoms with Crippen LogP contribution < -0.4 is 10.6 Å². The number of halogens is 4. The topological polar surface area (TPSA) is 45.7 Å². The Morgan fingerprint density at radius 2 is 1.62 bits per heavy atom. The summed E-state index contributed by atoms with van der Waals surface area (Å²) in [6.45, 7) is 5.39. The highest BCUT2D eigenvalue weighted by molar-refractivity contribution is 14.0. The molecule has 24 heavy (non-hydrogen) atoms. The molecule has 4 nitrogen and oxygen atoms in total. The molecular weight excluding hydrogens is 434 g/mol. The fraction of sp³-hybridized carbons (Fsp3) is 0.562. The Kier molecular flexibility index (Phi) is 9.64. The molecule has 0 radical (unpaired) electrons. The van der Waals surface area contributed by atoms with E-state index in [4.69, 9.17) is 0 Å². The van der Waals surface area contributed by atoms with E-state index in [0.717, 1.165) is 5.56 Å². The van der Waals surface area contributed by atoms with E-state index in [1.54, 1.807) is 19.2 Å². The van der Waals surface area contributed by atoms with E-state index >= 15 is 0 Å². The van der Waals surface area contributed by atoms with Gasteiger partial charge in [-0.25, -0.2) is 0 Å². The van der Waals surface area contributed by atoms with Crippen molar-refractivity contribution < 1.29 is 17.9 Å². The van der Waals surface area contributed by atoms with Crippen molar-refractivity contribution in [2.45, 2.75) is 45.6 Å². The summed E-state index contributed by atoms with van der Waals surface area (Å²) < 4.78 is 40.6. The predicted molar refractivity (Wildman–Crippen MR) is 101 cm³/mol. The minimum atomic E-state index is -4.29. The minimum absolute atomic E-state index is 0. The van der Waals surface area contributed by atoms with Gasteiger partial charge >= 0.3 is 6.18 Å². The molecule has 0 amide bonds. The number of ether oxygens (including phenoxy) is 1. The van der Waals surface area contributed by atoms with E-state index in [-0.39, 0.29) is 36.1 Å². The van der Waals surface area contributed by atoms with Crippen molar-refractivity contribution in [3.8, 4) is 0 Å². The summed E-state index contributed by atoms with van der Waals surface area (Å²) in [5.74, 6) is 0.690. The predicted octanol–water partition coefficient (Wildman–Crippen LogP) is 3.85. The number of nitrogens with one attached hydrogen (secondary N) is 2. The third kappa shape index (κ3) is 10.7. The normalized spacial score (nSPS) is 12.5. The monoisotopic (exact) mass is 459 g/mol. The Hall–Kier alpha value is -1.03. The molecule has 1 aromatic carbocycles. The minimum Gasteiger partial charge on any atom is -0.367 e. The largest absolute Gasteiger partial charge is 0.411 e. The van der Waals surface area contributed by atoms with Crippen LogP contribution in [0.15, 0.2) is 29.3 Å². The first kappa shape index (κ1) is 23.0. The van der Waals surface area contributed by atoms with Crippen molar-refractivity contribution in [1.82, 2.24) is 10.6 Å². The molecule has 0 aromatic heterocycles. The van der Waals surface area contributed by atoms with E-state index in [9.17, 15) is 13.2 Å². The molecule has 0 aliphatic heterocycles. The molecule has 2 N–H and O–H groups in total. The Labute approximate surface area is 158 Å². The first-order valence-corrected chi connectivity index (χ1v) is 7.30. The highest BCUT2D eigenvalue weighted by Gasteiger charge is 2.27. The molecule has 1 aromatic rings. The third-order valence-corrected chi connectivity index (χ3v) is 2.73. The van der Waals surface area contributed by atoms with Gasteiger partial charge in [0.05, 0.1) is 6.61 Å². The van der Waals surface area contributed by atoms with Gasteiger partial charge in [-0.1, -0.05) is 24.3 Å². The van der Waals surface area contributed by atoms with E-state index in [1.807, 2.05) is 32.9 Å². The van der Waals surface area contributed by atoms with Crippen molar-refractivity contribution in [2.75, 3.05) is 13.7 Å². The molecule has 0 unspecified atom stereocenters. The van der Waals surface area contributed by atoms with Crippen LogP contribution in [0.3, 0.4) is 0 Å². The van der Waals surface area contributed by atoms with E-state index < -0.39 is 12.8 Å². The SMILES string of the molecule is CN=C(NCc1ccc(COCC(F)(F)F)cc1)NC(C)(C)C.I. The Morgan fingerprint density at radius 1 is 1.08 bits per heavy atom. The van der Waals surface area contributed by atoms with Gasteiger partial charge in [0.15, 0.2) is 5.96 Å². The maximum atomic E-state index is 12.0. The van der Waals surface area contributed by atoms with Crippen molar-refractivity contribution >= 4 is 29.9 Å². The smallest absolute Gasteiger partial charge is 0.367 e. The van der Waals surface area contributed by atoms with Crippen LogP contribution >= 0.6 is 24.0 Å². The van der Waals surface area contributed by atoms with Gasteiger partial charge in [-0.05, 0) is 31.9 Å². The number of guanidine groups is 1. The van der Waals surface area contributed by atoms with E-state index in [2.05, 4.69) is 20.4 Å². The van der Waals surface area contributed by atoms with Crippen LogP contribution in [0.2, 0.25) is 0 Å². The second kappa shape index (κ2) is 10.1. The fourth-order valence-corrected chi connectivity index (χ4v) is 1.76. The molecule has 0 aliphatic carbocycles. The van der Waals surface area contributed by atoms with Crippen LogP contribution in [0, 0.1) is 0 Å². The summed E-state index contributed by atoms with van der Waals surface area (Å²) in [6, 6.07) is 7.22. The molecule has 0 saturated heterocycles. The zero-order chi connectivity index (χ0) is 17.5. The number of hydrogen-bond acceptors (Lipinski definition) is 2. The average Bonchev–Trinajstić information content (AvgIpc) is 2.42. The summed E-state index contributed by atoms with van der Waals surface area (Å²) in [5, 5.41) is 6.43. The van der Waals surface area contributed by atoms with Gasteiger partial charge in [0, 0.05) is 19.1 Å². The van der Waals surface area contributed by atoms with E-state index in [0.29, 0.717) is 18.1 Å². The van der Waals surface area contributed by atoms with Gasteiger partial charge in [-0.2, -0.15) is 13.2 Å². The molecule has 0 saturated carbocycles. The van der Waals surface area contributed by atoms with Crippen LogP contribution in [0.5, 0.6) is 0 Å². The van der Waals surface area contributed by atoms with Crippen LogP contribution in [-0.4, -0.2) is 31.3 Å². The molecule has 0 spiro atoms. The summed E-state index contributed by atoms with van der Waals surface area (Å²) in [6.07, 6.45) is -4.29. The van der Waals surface area contributed by atoms with Gasteiger partial charge in [-0.15, -0.1) is 24.0 Å². The Morgan fingerprint density at radius 3 is 2.08 bits per heavy atom. The van der Waals surface area contributed by atoms with Crippen LogP contribution in [0.4, 0.5) is 13.2 Å². The lowest BCUT2D eigenvalue weighted by Gasteiger charge is -2.23. The summed E-state index contributed by atoms with van der Waals surface area (Å²) in [7, 11) is 1.70. The maximum absolute atomic E-state index is 12.0. The first-order valence-electron chi connectivity index (χ1n) is 7.30. The second-order valence-corrected chi connectivity index (χ2v) is 6.23. The summed E-state index contributed by atoms with van der Waals surface area (Å²) in [4.78, 5) is 4.14. The molecule has 0 bridgehead atoms. The van der Waals surface area contributed by atoms with Gasteiger partial charge in [0.25, 0.3) is 0 Å². The lowest BCUT2D eigenvalue weighted by molar-refractivity contribution is -0.176. The van der Waals surface area contributed by atoms with Crippen LogP contribution in [0.1, 0.15) is 31.9 Å². The van der Waals surface area contributed by atoms with Crippen molar-refractivity contribution in [3.05, 3.63) is 35.4 Å². The number of hydrogen-bond donors (Lipinski definition) is 2. The number of nitrogens with zero attached hydrogens (tertiary/aromatic N) is 1. The standard InChI is InChI=1S/C16H24F3N3O.HI/c1-15(2,3)22-14(20-4)21-9-12-5-7-13(8-6-12)10-23-11-16(17,18)19;/h5-8H,9-11H2,1-4H3,(H2,20,21,22);1H. The van der Waals surface area contributed by atoms with Crippen LogP contribution in [0.25, 0.3) is 0 Å². The van der Waals surface area contributed by atoms with Gasteiger partial charge in [0.1, 0.15) is 6.61 Å². The molecule has 0 atom stereocenters. The lowest BCUT2D eigenvalue weighted by Crippen LogP contribution is -2.47. The number of aliphatic imine (C=N–C) groups is 1. The zero-order valence-electron chi connectivity index (χ0n) is 14.3. The number of benzene rings is 1. The second-order valence-electron chi connectivity index (χ2n) is 6.23. The summed E-state index contributed by atoms with van der Waals surface area (Å²) in [5.41, 5.74) is 1.61. The Balaban J connectivity index is 0.00000529. The third-order valence-electron chi connectivity index (χ3n) is 2.73. The number of alkyl halides is 3. The molecule has 138 valence electrons. The van der Waals surface area contributed by atoms with Gasteiger partial charge < -0.3 is 15.4 Å². The average molecular weight is 459 g/mol. The van der Waals surface area contributed by atoms with Gasteiger partial charge in [0.2, 0.25) is 0 Å². The van der Waals surface area contributed by atoms with Crippen molar-refractivity contribution in [1.29, 1.82) is 0 Å². The molecule has 0 aliphatic rings. The molecule has 0 fully saturated rings.